The van der Waals surface area contributed by atoms with Crippen molar-refractivity contribution >= 4 is 5.91 Å². The summed E-state index contributed by atoms with van der Waals surface area (Å²) in [5, 5.41) is 0. The molecule has 0 radical (unpaired) electrons. The van der Waals surface area contributed by atoms with Crippen LogP contribution in [0.1, 0.15) is 49.8 Å². The second-order valence-corrected chi connectivity index (χ2v) is 7.39. The summed E-state index contributed by atoms with van der Waals surface area (Å²) in [6, 6.07) is 4.54. The summed E-state index contributed by atoms with van der Waals surface area (Å²) in [6.07, 6.45) is 8.25. The number of aromatic nitrogens is 1. The van der Waals surface area contributed by atoms with Crippen LogP contribution in [0.4, 0.5) is 0 Å². The number of ether oxygens (including phenoxy) is 1. The molecule has 138 valence electrons. The Morgan fingerprint density at radius 3 is 2.72 bits per heavy atom. The van der Waals surface area contributed by atoms with Crippen LogP contribution in [0, 0.1) is 6.92 Å². The number of hydrogen-bond acceptors (Lipinski definition) is 4. The molecule has 5 heteroatoms. The van der Waals surface area contributed by atoms with Crippen molar-refractivity contribution in [3.63, 3.8) is 0 Å². The first-order chi connectivity index (χ1) is 12.2. The standard InChI is InChI=1S/C20H31N3O2/c1-16-7-8-17(14-21-16)15-23-13-5-6-19(25-2)18(23)9-10-20(24)22-11-3-4-12-22/h7-8,14,18-19H,3-6,9-13,15H2,1-2H3/t18-,19-/m0/s1. The lowest BCUT2D eigenvalue weighted by molar-refractivity contribution is -0.131. The van der Waals surface area contributed by atoms with Crippen LogP contribution in [0.5, 0.6) is 0 Å². The summed E-state index contributed by atoms with van der Waals surface area (Å²) >= 11 is 0. The summed E-state index contributed by atoms with van der Waals surface area (Å²) in [7, 11) is 1.80. The van der Waals surface area contributed by atoms with Gasteiger partial charge in [0.1, 0.15) is 0 Å². The van der Waals surface area contributed by atoms with Crippen LogP contribution in [0.25, 0.3) is 0 Å². The molecule has 1 amide bonds. The Kier molecular flexibility index (Phi) is 6.43. The van der Waals surface area contributed by atoms with Gasteiger partial charge in [-0.25, -0.2) is 0 Å². The maximum Gasteiger partial charge on any atom is 0.222 e. The second kappa shape index (κ2) is 8.77. The van der Waals surface area contributed by atoms with Crippen molar-refractivity contribution in [1.29, 1.82) is 0 Å². The van der Waals surface area contributed by atoms with Crippen LogP contribution in [0.3, 0.4) is 0 Å². The molecule has 2 fully saturated rings. The fourth-order valence-corrected chi connectivity index (χ4v) is 4.15. The van der Waals surface area contributed by atoms with E-state index in [9.17, 15) is 4.79 Å². The molecule has 1 aromatic rings. The average Bonchev–Trinajstić information content (AvgIpc) is 3.17. The lowest BCUT2D eigenvalue weighted by atomic mass is 9.94. The molecule has 0 unspecified atom stereocenters. The van der Waals surface area contributed by atoms with Gasteiger partial charge in [0.15, 0.2) is 0 Å². The van der Waals surface area contributed by atoms with Gasteiger partial charge in [0.25, 0.3) is 0 Å². The highest BCUT2D eigenvalue weighted by atomic mass is 16.5. The zero-order chi connectivity index (χ0) is 17.6. The van der Waals surface area contributed by atoms with E-state index in [-0.39, 0.29) is 6.10 Å². The monoisotopic (exact) mass is 345 g/mol. The number of nitrogens with zero attached hydrogens (tertiary/aromatic N) is 3. The third kappa shape index (κ3) is 4.79. The molecule has 0 bridgehead atoms. The third-order valence-corrected chi connectivity index (χ3v) is 5.61. The summed E-state index contributed by atoms with van der Waals surface area (Å²) in [5.74, 6) is 0.315. The second-order valence-electron chi connectivity index (χ2n) is 7.39. The minimum atomic E-state index is 0.221. The van der Waals surface area contributed by atoms with Crippen molar-refractivity contribution in [2.45, 2.75) is 64.1 Å². The van der Waals surface area contributed by atoms with Gasteiger partial charge in [-0.05, 0) is 57.2 Å². The third-order valence-electron chi connectivity index (χ3n) is 5.61. The molecule has 0 aliphatic carbocycles. The van der Waals surface area contributed by atoms with Crippen molar-refractivity contribution in [2.24, 2.45) is 0 Å². The topological polar surface area (TPSA) is 45.7 Å². The van der Waals surface area contributed by atoms with Crippen molar-refractivity contribution in [3.05, 3.63) is 29.6 Å². The number of aryl methyl sites for hydroxylation is 1. The van der Waals surface area contributed by atoms with Gasteiger partial charge in [-0.1, -0.05) is 6.07 Å². The molecule has 3 rings (SSSR count). The maximum atomic E-state index is 12.4. The summed E-state index contributed by atoms with van der Waals surface area (Å²) in [6.45, 7) is 5.84. The Morgan fingerprint density at radius 1 is 1.24 bits per heavy atom. The van der Waals surface area contributed by atoms with Gasteiger partial charge in [-0.15, -0.1) is 0 Å². The zero-order valence-electron chi connectivity index (χ0n) is 15.6. The quantitative estimate of drug-likeness (QED) is 0.795. The normalized spacial score (nSPS) is 24.6. The Labute approximate surface area is 151 Å². The highest BCUT2D eigenvalue weighted by molar-refractivity contribution is 5.76. The van der Waals surface area contributed by atoms with Crippen molar-refractivity contribution in [3.8, 4) is 0 Å². The number of hydrogen-bond donors (Lipinski definition) is 0. The molecule has 1 aromatic heterocycles. The Bertz CT molecular complexity index is 555. The first kappa shape index (κ1) is 18.3. The SMILES string of the molecule is CO[C@H]1CCCN(Cc2ccc(C)nc2)[C@H]1CCC(=O)N1CCCC1. The maximum absolute atomic E-state index is 12.4. The van der Waals surface area contributed by atoms with Crippen LogP contribution >= 0.6 is 0 Å². The molecule has 5 nitrogen and oxygen atoms in total. The number of rotatable bonds is 6. The number of amides is 1. The van der Waals surface area contributed by atoms with Gasteiger partial charge < -0.3 is 9.64 Å². The van der Waals surface area contributed by atoms with Gasteiger partial charge >= 0.3 is 0 Å². The molecule has 0 aromatic carbocycles. The van der Waals surface area contributed by atoms with Crippen molar-refractivity contribution in [1.82, 2.24) is 14.8 Å². The Balaban J connectivity index is 1.62. The molecule has 2 aliphatic heterocycles. The number of methoxy groups -OCH3 is 1. The van der Waals surface area contributed by atoms with E-state index in [0.29, 0.717) is 18.4 Å². The molecule has 0 saturated carbocycles. The van der Waals surface area contributed by atoms with Crippen LogP contribution in [-0.4, -0.2) is 59.6 Å². The van der Waals surface area contributed by atoms with E-state index in [1.54, 1.807) is 7.11 Å². The fraction of sp³-hybridized carbons (Fsp3) is 0.700. The van der Waals surface area contributed by atoms with Gasteiger partial charge in [0.05, 0.1) is 6.10 Å². The zero-order valence-corrected chi connectivity index (χ0v) is 15.6. The largest absolute Gasteiger partial charge is 0.380 e. The predicted octanol–water partition coefficient (Wildman–Crippen LogP) is 2.77. The number of carbonyl (C=O) groups is 1. The highest BCUT2D eigenvalue weighted by Gasteiger charge is 2.32. The molecule has 2 saturated heterocycles. The minimum Gasteiger partial charge on any atom is -0.380 e. The molecule has 3 heterocycles. The van der Waals surface area contributed by atoms with E-state index in [2.05, 4.69) is 22.0 Å². The van der Waals surface area contributed by atoms with E-state index in [1.165, 1.54) is 5.56 Å². The van der Waals surface area contributed by atoms with Crippen LogP contribution < -0.4 is 0 Å². The number of likely N-dealkylation sites (tertiary alicyclic amines) is 2. The molecule has 0 spiro atoms. The summed E-state index contributed by atoms with van der Waals surface area (Å²) in [4.78, 5) is 21.4. The van der Waals surface area contributed by atoms with E-state index in [4.69, 9.17) is 4.74 Å². The molecule has 2 aliphatic rings. The lowest BCUT2D eigenvalue weighted by Crippen LogP contribution is -2.49. The predicted molar refractivity (Wildman–Crippen MR) is 98.3 cm³/mol. The van der Waals surface area contributed by atoms with E-state index in [1.807, 2.05) is 18.0 Å². The molecular formula is C20H31N3O2. The number of pyridine rings is 1. The fourth-order valence-electron chi connectivity index (χ4n) is 4.15. The molecule has 25 heavy (non-hydrogen) atoms. The first-order valence-electron chi connectivity index (χ1n) is 9.63. The van der Waals surface area contributed by atoms with Crippen LogP contribution in [0.2, 0.25) is 0 Å². The highest BCUT2D eigenvalue weighted by Crippen LogP contribution is 2.26. The Hall–Kier alpha value is -1.46. The molecular weight excluding hydrogens is 314 g/mol. The Morgan fingerprint density at radius 2 is 2.04 bits per heavy atom. The van der Waals surface area contributed by atoms with E-state index in [0.717, 1.165) is 64.0 Å². The van der Waals surface area contributed by atoms with E-state index < -0.39 is 0 Å². The number of piperidine rings is 1. The minimum absolute atomic E-state index is 0.221. The average molecular weight is 345 g/mol. The van der Waals surface area contributed by atoms with Gasteiger partial charge in [-0.2, -0.15) is 0 Å². The lowest BCUT2D eigenvalue weighted by Gasteiger charge is -2.41. The van der Waals surface area contributed by atoms with Crippen molar-refractivity contribution in [2.75, 3.05) is 26.7 Å². The van der Waals surface area contributed by atoms with Gasteiger partial charge in [0, 0.05) is 51.1 Å². The van der Waals surface area contributed by atoms with Crippen molar-refractivity contribution < 1.29 is 9.53 Å². The first-order valence-corrected chi connectivity index (χ1v) is 9.63. The van der Waals surface area contributed by atoms with Gasteiger partial charge in [-0.3, -0.25) is 14.7 Å². The van der Waals surface area contributed by atoms with E-state index >= 15 is 0 Å². The van der Waals surface area contributed by atoms with Crippen LogP contribution in [-0.2, 0) is 16.1 Å². The number of carbonyl (C=O) groups excluding carboxylic acids is 1. The summed E-state index contributed by atoms with van der Waals surface area (Å²) in [5.41, 5.74) is 2.28. The smallest absolute Gasteiger partial charge is 0.222 e. The molecule has 0 N–H and O–H groups in total. The molecule has 2 atom stereocenters. The summed E-state index contributed by atoms with van der Waals surface area (Å²) < 4.78 is 5.77. The van der Waals surface area contributed by atoms with Gasteiger partial charge in [0.2, 0.25) is 5.91 Å². The van der Waals surface area contributed by atoms with Crippen LogP contribution in [0.15, 0.2) is 18.3 Å².